The summed E-state index contributed by atoms with van der Waals surface area (Å²) in [5.41, 5.74) is 5.56. The lowest BCUT2D eigenvalue weighted by atomic mass is 10.1. The fraction of sp³-hybridized carbons (Fsp3) is 0.500. The Hall–Kier alpha value is -0.660. The second kappa shape index (κ2) is 5.79. The van der Waals surface area contributed by atoms with Crippen molar-refractivity contribution >= 4 is 31.8 Å². The zero-order valence-corrected chi connectivity index (χ0v) is 12.2. The first kappa shape index (κ1) is 14.4. The lowest BCUT2D eigenvalue weighted by Crippen LogP contribution is -2.26. The molecule has 96 valence electrons. The molecule has 1 aromatic heterocycles. The molecule has 0 fully saturated rings. The highest BCUT2D eigenvalue weighted by molar-refractivity contribution is 9.10. The van der Waals surface area contributed by atoms with E-state index >= 15 is 0 Å². The number of pyridine rings is 1. The van der Waals surface area contributed by atoms with Crippen molar-refractivity contribution in [2.75, 3.05) is 12.3 Å². The smallest absolute Gasteiger partial charge is 0.244 e. The van der Waals surface area contributed by atoms with Crippen molar-refractivity contribution in [3.63, 3.8) is 0 Å². The quantitative estimate of drug-likeness (QED) is 0.865. The van der Waals surface area contributed by atoms with Crippen LogP contribution >= 0.6 is 15.9 Å². The van der Waals surface area contributed by atoms with Gasteiger partial charge in [-0.15, -0.1) is 0 Å². The molecule has 0 bridgehead atoms. The van der Waals surface area contributed by atoms with Crippen LogP contribution in [0.3, 0.4) is 0 Å². The Balaban J connectivity index is 2.86. The van der Waals surface area contributed by atoms with Gasteiger partial charge in [0.25, 0.3) is 0 Å². The van der Waals surface area contributed by atoms with E-state index in [0.717, 1.165) is 6.42 Å². The molecule has 1 heterocycles. The molecule has 17 heavy (non-hydrogen) atoms. The largest absolute Gasteiger partial charge is 0.383 e. The van der Waals surface area contributed by atoms with E-state index in [0.29, 0.717) is 16.9 Å². The van der Waals surface area contributed by atoms with E-state index in [1.165, 1.54) is 12.3 Å². The molecule has 0 radical (unpaired) electrons. The van der Waals surface area contributed by atoms with Gasteiger partial charge in [-0.2, -0.15) is 0 Å². The number of nitrogens with zero attached hydrogens (tertiary/aromatic N) is 1. The highest BCUT2D eigenvalue weighted by Crippen LogP contribution is 2.20. The molecular weight excluding hydrogens is 306 g/mol. The van der Waals surface area contributed by atoms with Crippen molar-refractivity contribution in [3.05, 3.63) is 16.7 Å². The molecule has 3 N–H and O–H groups in total. The zero-order chi connectivity index (χ0) is 13.1. The predicted octanol–water partition coefficient (Wildman–Crippen LogP) is 1.75. The molecule has 0 aliphatic heterocycles. The third-order valence-corrected chi connectivity index (χ3v) is 4.08. The van der Waals surface area contributed by atoms with Crippen LogP contribution in [0.1, 0.15) is 20.3 Å². The number of rotatable bonds is 5. The number of hydrogen-bond acceptors (Lipinski definition) is 4. The van der Waals surface area contributed by atoms with Crippen LogP contribution in [0.2, 0.25) is 0 Å². The summed E-state index contributed by atoms with van der Waals surface area (Å²) in [5.74, 6) is 0.445. The van der Waals surface area contributed by atoms with E-state index in [1.54, 1.807) is 0 Å². The summed E-state index contributed by atoms with van der Waals surface area (Å²) < 4.78 is 27.0. The van der Waals surface area contributed by atoms with Crippen LogP contribution in [-0.2, 0) is 10.0 Å². The van der Waals surface area contributed by atoms with Crippen LogP contribution in [0.4, 0.5) is 5.82 Å². The number of nitrogen functional groups attached to an aromatic ring is 1. The molecule has 7 heteroatoms. The van der Waals surface area contributed by atoms with Gasteiger partial charge in [0.2, 0.25) is 10.0 Å². The zero-order valence-electron chi connectivity index (χ0n) is 9.77. The number of nitrogens with two attached hydrogens (primary N) is 1. The van der Waals surface area contributed by atoms with E-state index in [4.69, 9.17) is 5.73 Å². The van der Waals surface area contributed by atoms with E-state index < -0.39 is 10.0 Å². The molecule has 0 atom stereocenters. The van der Waals surface area contributed by atoms with Crippen molar-refractivity contribution in [1.29, 1.82) is 0 Å². The van der Waals surface area contributed by atoms with E-state index in [-0.39, 0.29) is 10.7 Å². The van der Waals surface area contributed by atoms with E-state index in [1.807, 2.05) is 13.8 Å². The average Bonchev–Trinajstić information content (AvgIpc) is 2.20. The Morgan fingerprint density at radius 3 is 2.76 bits per heavy atom. The molecule has 1 aromatic rings. The minimum absolute atomic E-state index is 0.00486. The number of nitrogens with one attached hydrogen (secondary N) is 1. The third kappa shape index (κ3) is 4.25. The van der Waals surface area contributed by atoms with Crippen molar-refractivity contribution < 1.29 is 8.42 Å². The van der Waals surface area contributed by atoms with Crippen LogP contribution in [0.5, 0.6) is 0 Å². The molecule has 0 aromatic carbocycles. The van der Waals surface area contributed by atoms with Gasteiger partial charge in [-0.05, 0) is 34.3 Å². The second-order valence-corrected chi connectivity index (χ2v) is 6.77. The van der Waals surface area contributed by atoms with Crippen molar-refractivity contribution in [3.8, 4) is 0 Å². The van der Waals surface area contributed by atoms with Gasteiger partial charge >= 0.3 is 0 Å². The summed E-state index contributed by atoms with van der Waals surface area (Å²) in [4.78, 5) is 3.81. The minimum atomic E-state index is -3.58. The highest BCUT2D eigenvalue weighted by atomic mass is 79.9. The lowest BCUT2D eigenvalue weighted by molar-refractivity contribution is 0.551. The summed E-state index contributed by atoms with van der Waals surface area (Å²) in [6.45, 7) is 4.46. The molecule has 0 saturated carbocycles. The summed E-state index contributed by atoms with van der Waals surface area (Å²) in [7, 11) is -3.58. The molecule has 0 unspecified atom stereocenters. The maximum Gasteiger partial charge on any atom is 0.244 e. The summed E-state index contributed by atoms with van der Waals surface area (Å²) in [6, 6.07) is 1.44. The Labute approximate surface area is 110 Å². The van der Waals surface area contributed by atoms with Crippen LogP contribution in [0.15, 0.2) is 21.6 Å². The highest BCUT2D eigenvalue weighted by Gasteiger charge is 2.18. The van der Waals surface area contributed by atoms with Gasteiger partial charge in [0.05, 0.1) is 0 Å². The van der Waals surface area contributed by atoms with Crippen LogP contribution in [0, 0.1) is 5.92 Å². The van der Waals surface area contributed by atoms with Crippen molar-refractivity contribution in [2.24, 2.45) is 5.92 Å². The molecule has 0 saturated heterocycles. The minimum Gasteiger partial charge on any atom is -0.383 e. The molecule has 0 aliphatic rings. The summed E-state index contributed by atoms with van der Waals surface area (Å²) >= 11 is 3.17. The predicted molar refractivity (Wildman–Crippen MR) is 71.0 cm³/mol. The molecule has 0 amide bonds. The number of halogens is 1. The van der Waals surface area contributed by atoms with Crippen molar-refractivity contribution in [2.45, 2.75) is 25.2 Å². The molecule has 0 spiro atoms. The van der Waals surface area contributed by atoms with Gasteiger partial charge in [0, 0.05) is 17.2 Å². The molecule has 0 aliphatic carbocycles. The van der Waals surface area contributed by atoms with Crippen molar-refractivity contribution in [1.82, 2.24) is 9.71 Å². The number of aromatic nitrogens is 1. The summed E-state index contributed by atoms with van der Waals surface area (Å²) in [6.07, 6.45) is 2.24. The van der Waals surface area contributed by atoms with Gasteiger partial charge < -0.3 is 5.73 Å². The Morgan fingerprint density at radius 2 is 2.18 bits per heavy atom. The molecule has 5 nitrogen and oxygen atoms in total. The van der Waals surface area contributed by atoms with E-state index in [9.17, 15) is 8.42 Å². The maximum atomic E-state index is 11.9. The lowest BCUT2D eigenvalue weighted by Gasteiger charge is -2.09. The fourth-order valence-corrected chi connectivity index (χ4v) is 2.84. The Morgan fingerprint density at radius 1 is 1.53 bits per heavy atom. The third-order valence-electron chi connectivity index (χ3n) is 2.15. The first-order valence-corrected chi connectivity index (χ1v) is 7.51. The monoisotopic (exact) mass is 321 g/mol. The van der Waals surface area contributed by atoms with Crippen LogP contribution in [0.25, 0.3) is 0 Å². The van der Waals surface area contributed by atoms with Gasteiger partial charge in [0.1, 0.15) is 10.7 Å². The molecule has 1 rings (SSSR count). The Kier molecular flexibility index (Phi) is 4.91. The Bertz CT molecular complexity index is 488. The standard InChI is InChI=1S/C10H16BrN3O2S/c1-7(2)3-4-14-17(15,16)9-5-8(11)6-13-10(9)12/h5-7,14H,3-4H2,1-2H3,(H2,12,13). The first-order valence-electron chi connectivity index (χ1n) is 5.23. The molecular formula is C10H16BrN3O2S. The average molecular weight is 322 g/mol. The SMILES string of the molecule is CC(C)CCNS(=O)(=O)c1cc(Br)cnc1N. The number of sulfonamides is 1. The van der Waals surface area contributed by atoms with Gasteiger partial charge in [-0.1, -0.05) is 13.8 Å². The van der Waals surface area contributed by atoms with Crippen LogP contribution in [-0.4, -0.2) is 19.9 Å². The number of hydrogen-bond donors (Lipinski definition) is 2. The van der Waals surface area contributed by atoms with Gasteiger partial charge in [-0.3, -0.25) is 0 Å². The maximum absolute atomic E-state index is 11.9. The summed E-state index contributed by atoms with van der Waals surface area (Å²) in [5, 5.41) is 0. The van der Waals surface area contributed by atoms with Gasteiger partial charge in [0.15, 0.2) is 0 Å². The topological polar surface area (TPSA) is 85.1 Å². The van der Waals surface area contributed by atoms with E-state index in [2.05, 4.69) is 25.6 Å². The second-order valence-electron chi connectivity index (χ2n) is 4.12. The van der Waals surface area contributed by atoms with Crippen LogP contribution < -0.4 is 10.5 Å². The normalized spacial score (nSPS) is 12.0. The first-order chi connectivity index (χ1) is 7.83. The van der Waals surface area contributed by atoms with Gasteiger partial charge in [-0.25, -0.2) is 18.1 Å². The fourth-order valence-electron chi connectivity index (χ4n) is 1.21. The number of anilines is 1.